The fraction of sp³-hybridized carbons (Fsp3) is 0.571. The lowest BCUT2D eigenvalue weighted by Gasteiger charge is -2.36. The zero-order valence-corrected chi connectivity index (χ0v) is 12.5. The van der Waals surface area contributed by atoms with Gasteiger partial charge in [-0.2, -0.15) is 0 Å². The predicted molar refractivity (Wildman–Crippen MR) is 75.3 cm³/mol. The van der Waals surface area contributed by atoms with E-state index in [0.717, 1.165) is 37.5 Å². The van der Waals surface area contributed by atoms with E-state index in [1.807, 2.05) is 0 Å². The zero-order chi connectivity index (χ0) is 15.5. The van der Waals surface area contributed by atoms with Crippen molar-refractivity contribution in [1.29, 1.82) is 0 Å². The van der Waals surface area contributed by atoms with Crippen LogP contribution in [0.2, 0.25) is 0 Å². The Morgan fingerprint density at radius 2 is 1.67 bits per heavy atom. The number of sulfonamides is 1. The maximum absolute atomic E-state index is 13.1. The monoisotopic (exact) mass is 319 g/mol. The maximum Gasteiger partial charge on any atom is 0.209 e. The first kappa shape index (κ1) is 16.2. The summed E-state index contributed by atoms with van der Waals surface area (Å²) >= 11 is 0. The van der Waals surface area contributed by atoms with Gasteiger partial charge in [0.25, 0.3) is 0 Å². The number of primary sulfonamides is 1. The van der Waals surface area contributed by atoms with Gasteiger partial charge in [-0.25, -0.2) is 22.3 Å². The highest BCUT2D eigenvalue weighted by Gasteiger charge is 2.36. The molecule has 1 aliphatic rings. The van der Waals surface area contributed by atoms with E-state index in [1.165, 1.54) is 0 Å². The summed E-state index contributed by atoms with van der Waals surface area (Å²) in [6, 6.07) is 2.92. The Morgan fingerprint density at radius 1 is 1.10 bits per heavy atom. The van der Waals surface area contributed by atoms with Crippen LogP contribution in [0.3, 0.4) is 0 Å². The third-order valence-electron chi connectivity index (χ3n) is 3.80. The standard InChI is InChI=1S/C14H19F2NO3S/c15-11-6-12(16)8-13(7-11)20-9-14(10-21(17,18)19)4-2-1-3-5-14/h6-8H,1-5,9-10H2,(H2,17,18,19). The maximum atomic E-state index is 13.1. The molecule has 0 spiro atoms. The molecule has 1 saturated carbocycles. The highest BCUT2D eigenvalue weighted by Crippen LogP contribution is 2.37. The molecule has 0 aromatic heterocycles. The van der Waals surface area contributed by atoms with Crippen LogP contribution in [0.1, 0.15) is 32.1 Å². The largest absolute Gasteiger partial charge is 0.493 e. The van der Waals surface area contributed by atoms with Gasteiger partial charge >= 0.3 is 0 Å². The number of hydrogen-bond donors (Lipinski definition) is 1. The average Bonchev–Trinajstić information content (AvgIpc) is 2.34. The lowest BCUT2D eigenvalue weighted by atomic mass is 9.76. The van der Waals surface area contributed by atoms with Crippen LogP contribution >= 0.6 is 0 Å². The number of hydrogen-bond acceptors (Lipinski definition) is 3. The Labute approximate surface area is 123 Å². The van der Waals surface area contributed by atoms with Crippen LogP contribution < -0.4 is 9.88 Å². The summed E-state index contributed by atoms with van der Waals surface area (Å²) in [7, 11) is -3.63. The van der Waals surface area contributed by atoms with Crippen molar-refractivity contribution in [2.45, 2.75) is 32.1 Å². The van der Waals surface area contributed by atoms with Gasteiger partial charge in [-0.3, -0.25) is 0 Å². The van der Waals surface area contributed by atoms with Crippen LogP contribution in [0.4, 0.5) is 8.78 Å². The Balaban J connectivity index is 2.11. The van der Waals surface area contributed by atoms with Crippen LogP contribution in [-0.4, -0.2) is 20.8 Å². The lowest BCUT2D eigenvalue weighted by Crippen LogP contribution is -2.40. The molecule has 0 heterocycles. The van der Waals surface area contributed by atoms with Crippen LogP contribution in [0, 0.1) is 17.0 Å². The molecular formula is C14H19F2NO3S. The topological polar surface area (TPSA) is 69.4 Å². The van der Waals surface area contributed by atoms with Gasteiger partial charge in [0.1, 0.15) is 17.4 Å². The minimum absolute atomic E-state index is 0.0619. The summed E-state index contributed by atoms with van der Waals surface area (Å²) in [4.78, 5) is 0. The van der Waals surface area contributed by atoms with Gasteiger partial charge in [0.15, 0.2) is 0 Å². The molecule has 1 aromatic carbocycles. The van der Waals surface area contributed by atoms with E-state index in [1.54, 1.807) is 0 Å². The summed E-state index contributed by atoms with van der Waals surface area (Å²) in [5.74, 6) is -1.56. The van der Waals surface area contributed by atoms with E-state index in [9.17, 15) is 17.2 Å². The average molecular weight is 319 g/mol. The number of ether oxygens (including phenoxy) is 1. The molecule has 0 bridgehead atoms. The van der Waals surface area contributed by atoms with E-state index in [4.69, 9.17) is 9.88 Å². The molecule has 1 aliphatic carbocycles. The van der Waals surface area contributed by atoms with Gasteiger partial charge in [0.2, 0.25) is 10.0 Å². The van der Waals surface area contributed by atoms with Gasteiger partial charge in [0.05, 0.1) is 12.4 Å². The van der Waals surface area contributed by atoms with Crippen molar-refractivity contribution < 1.29 is 21.9 Å². The van der Waals surface area contributed by atoms with Crippen molar-refractivity contribution in [3.63, 3.8) is 0 Å². The molecule has 0 aliphatic heterocycles. The molecule has 0 atom stereocenters. The Hall–Kier alpha value is -1.21. The molecule has 0 unspecified atom stereocenters. The molecule has 1 aromatic rings. The van der Waals surface area contributed by atoms with Crippen molar-refractivity contribution in [2.24, 2.45) is 10.6 Å². The van der Waals surface area contributed by atoms with Crippen LogP contribution in [0.15, 0.2) is 18.2 Å². The van der Waals surface area contributed by atoms with Crippen LogP contribution in [0.25, 0.3) is 0 Å². The SMILES string of the molecule is NS(=O)(=O)CC1(COc2cc(F)cc(F)c2)CCCCC1. The highest BCUT2D eigenvalue weighted by molar-refractivity contribution is 7.89. The van der Waals surface area contributed by atoms with Gasteiger partial charge in [0, 0.05) is 23.6 Å². The normalized spacial score (nSPS) is 18.4. The van der Waals surface area contributed by atoms with Crippen molar-refractivity contribution in [3.05, 3.63) is 29.8 Å². The number of halogens is 2. The molecule has 4 nitrogen and oxygen atoms in total. The van der Waals surface area contributed by atoms with E-state index in [0.29, 0.717) is 12.8 Å². The van der Waals surface area contributed by atoms with E-state index >= 15 is 0 Å². The first-order valence-corrected chi connectivity index (χ1v) is 8.59. The lowest BCUT2D eigenvalue weighted by molar-refractivity contribution is 0.118. The summed E-state index contributed by atoms with van der Waals surface area (Å²) in [5, 5.41) is 5.17. The third kappa shape index (κ3) is 4.93. The first-order chi connectivity index (χ1) is 9.78. The predicted octanol–water partition coefficient (Wildman–Crippen LogP) is 2.58. The van der Waals surface area contributed by atoms with Crippen molar-refractivity contribution in [3.8, 4) is 5.75 Å². The number of nitrogens with two attached hydrogens (primary N) is 1. The van der Waals surface area contributed by atoms with Crippen molar-refractivity contribution in [1.82, 2.24) is 0 Å². The summed E-state index contributed by atoms with van der Waals surface area (Å²) < 4.78 is 54.6. The fourth-order valence-corrected chi connectivity index (χ4v) is 4.13. The molecule has 0 saturated heterocycles. The summed E-state index contributed by atoms with van der Waals surface area (Å²) in [5.41, 5.74) is -0.575. The Morgan fingerprint density at radius 3 is 2.19 bits per heavy atom. The molecule has 7 heteroatoms. The first-order valence-electron chi connectivity index (χ1n) is 6.87. The Kier molecular flexibility index (Phi) is 4.83. The van der Waals surface area contributed by atoms with Crippen molar-refractivity contribution >= 4 is 10.0 Å². The second kappa shape index (κ2) is 6.27. The fourth-order valence-electron chi connectivity index (χ4n) is 2.91. The third-order valence-corrected chi connectivity index (χ3v) is 4.82. The van der Waals surface area contributed by atoms with Gasteiger partial charge < -0.3 is 4.74 Å². The second-order valence-corrected chi connectivity index (χ2v) is 7.38. The smallest absolute Gasteiger partial charge is 0.209 e. The second-order valence-electron chi connectivity index (χ2n) is 5.76. The minimum Gasteiger partial charge on any atom is -0.493 e. The quantitative estimate of drug-likeness (QED) is 0.907. The molecule has 2 N–H and O–H groups in total. The van der Waals surface area contributed by atoms with Crippen LogP contribution in [-0.2, 0) is 10.0 Å². The van der Waals surface area contributed by atoms with Crippen LogP contribution in [0.5, 0.6) is 5.75 Å². The Bertz CT molecular complexity index is 578. The highest BCUT2D eigenvalue weighted by atomic mass is 32.2. The summed E-state index contributed by atoms with van der Waals surface area (Å²) in [6.07, 6.45) is 4.20. The molecule has 1 fully saturated rings. The van der Waals surface area contributed by atoms with E-state index in [2.05, 4.69) is 0 Å². The molecule has 118 valence electrons. The molecule has 21 heavy (non-hydrogen) atoms. The van der Waals surface area contributed by atoms with Gasteiger partial charge in [-0.1, -0.05) is 19.3 Å². The van der Waals surface area contributed by atoms with Crippen molar-refractivity contribution in [2.75, 3.05) is 12.4 Å². The van der Waals surface area contributed by atoms with Gasteiger partial charge in [-0.05, 0) is 12.8 Å². The molecular weight excluding hydrogens is 300 g/mol. The number of benzene rings is 1. The summed E-state index contributed by atoms with van der Waals surface area (Å²) in [6.45, 7) is 0.0896. The zero-order valence-electron chi connectivity index (χ0n) is 11.6. The minimum atomic E-state index is -3.63. The molecule has 2 rings (SSSR count). The van der Waals surface area contributed by atoms with E-state index in [-0.39, 0.29) is 18.1 Å². The van der Waals surface area contributed by atoms with E-state index < -0.39 is 27.1 Å². The molecule has 0 radical (unpaired) electrons. The van der Waals surface area contributed by atoms with Gasteiger partial charge in [-0.15, -0.1) is 0 Å². The number of rotatable bonds is 5. The molecule has 0 amide bonds.